The molecule has 2 saturated heterocycles. The van der Waals surface area contributed by atoms with Crippen LogP contribution < -0.4 is 0 Å². The van der Waals surface area contributed by atoms with Gasteiger partial charge >= 0.3 is 5.82 Å². The average Bonchev–Trinajstić information content (AvgIpc) is 3.01. The van der Waals surface area contributed by atoms with E-state index in [-0.39, 0.29) is 24.4 Å². The van der Waals surface area contributed by atoms with Crippen molar-refractivity contribution in [1.29, 1.82) is 0 Å². The van der Waals surface area contributed by atoms with Crippen LogP contribution in [0.5, 0.6) is 0 Å². The fourth-order valence-corrected chi connectivity index (χ4v) is 2.93. The molecule has 116 valence electrons. The van der Waals surface area contributed by atoms with Crippen LogP contribution in [0.1, 0.15) is 25.2 Å². The number of imidazole rings is 1. The SMILES string of the molecule is CCO[C@@]1(O)C[C@H](n2cc([N+](=O)[O-])nc2C)[C@H]2CO[C@@H]1O2. The van der Waals surface area contributed by atoms with Crippen LogP contribution in [0, 0.1) is 17.0 Å². The van der Waals surface area contributed by atoms with Gasteiger partial charge in [0, 0.05) is 20.0 Å². The normalized spacial score (nSPS) is 35.1. The summed E-state index contributed by atoms with van der Waals surface area (Å²) in [5.74, 6) is -1.30. The first-order valence-electron chi connectivity index (χ1n) is 6.78. The van der Waals surface area contributed by atoms with Crippen molar-refractivity contribution >= 4 is 5.82 Å². The highest BCUT2D eigenvalue weighted by molar-refractivity contribution is 5.18. The van der Waals surface area contributed by atoms with E-state index in [4.69, 9.17) is 14.2 Å². The van der Waals surface area contributed by atoms with Gasteiger partial charge in [-0.3, -0.25) is 0 Å². The fraction of sp³-hybridized carbons (Fsp3) is 0.750. The van der Waals surface area contributed by atoms with Crippen molar-refractivity contribution in [2.75, 3.05) is 13.2 Å². The Hall–Kier alpha value is -1.55. The van der Waals surface area contributed by atoms with E-state index in [2.05, 4.69) is 4.98 Å². The lowest BCUT2D eigenvalue weighted by Crippen LogP contribution is -2.52. The quantitative estimate of drug-likeness (QED) is 0.490. The largest absolute Gasteiger partial charge is 0.381 e. The van der Waals surface area contributed by atoms with E-state index >= 15 is 0 Å². The maximum absolute atomic E-state index is 10.8. The molecule has 2 aliphatic heterocycles. The Bertz CT molecular complexity index is 561. The maximum Gasteiger partial charge on any atom is 0.381 e. The van der Waals surface area contributed by atoms with E-state index in [0.29, 0.717) is 19.0 Å². The van der Waals surface area contributed by atoms with E-state index in [1.807, 2.05) is 0 Å². The molecule has 1 aromatic rings. The Labute approximate surface area is 120 Å². The van der Waals surface area contributed by atoms with Crippen LogP contribution in [0.25, 0.3) is 0 Å². The molecule has 21 heavy (non-hydrogen) atoms. The van der Waals surface area contributed by atoms with E-state index < -0.39 is 17.0 Å². The summed E-state index contributed by atoms with van der Waals surface area (Å²) < 4.78 is 18.1. The zero-order valence-electron chi connectivity index (χ0n) is 11.8. The van der Waals surface area contributed by atoms with Gasteiger partial charge in [-0.15, -0.1) is 0 Å². The summed E-state index contributed by atoms with van der Waals surface area (Å²) in [6.07, 6.45) is 0.472. The second kappa shape index (κ2) is 5.02. The fourth-order valence-electron chi connectivity index (χ4n) is 2.93. The van der Waals surface area contributed by atoms with Crippen LogP contribution in [-0.2, 0) is 14.2 Å². The van der Waals surface area contributed by atoms with Crippen molar-refractivity contribution in [2.45, 2.75) is 44.5 Å². The van der Waals surface area contributed by atoms with Gasteiger partial charge in [0.1, 0.15) is 12.3 Å². The summed E-state index contributed by atoms with van der Waals surface area (Å²) in [5.41, 5.74) is 0. The zero-order chi connectivity index (χ0) is 15.2. The molecule has 0 aliphatic carbocycles. The molecule has 0 amide bonds. The first-order valence-corrected chi connectivity index (χ1v) is 6.78. The Kier molecular flexibility index (Phi) is 3.44. The molecule has 1 N–H and O–H groups in total. The molecular formula is C12H17N3O6. The van der Waals surface area contributed by atoms with Crippen molar-refractivity contribution in [3.8, 4) is 0 Å². The first-order chi connectivity index (χ1) is 9.94. The summed E-state index contributed by atoms with van der Waals surface area (Å²) in [4.78, 5) is 14.2. The molecular weight excluding hydrogens is 282 g/mol. The number of aryl methyl sites for hydroxylation is 1. The molecule has 0 aromatic carbocycles. The number of nitrogens with zero attached hydrogens (tertiary/aromatic N) is 3. The van der Waals surface area contributed by atoms with E-state index in [9.17, 15) is 15.2 Å². The Morgan fingerprint density at radius 2 is 2.48 bits per heavy atom. The molecule has 4 atom stereocenters. The van der Waals surface area contributed by atoms with Crippen molar-refractivity contribution in [1.82, 2.24) is 9.55 Å². The highest BCUT2D eigenvalue weighted by Gasteiger charge is 2.55. The molecule has 0 radical (unpaired) electrons. The highest BCUT2D eigenvalue weighted by Crippen LogP contribution is 2.42. The molecule has 0 spiro atoms. The van der Waals surface area contributed by atoms with Gasteiger partial charge in [-0.2, -0.15) is 0 Å². The standard InChI is InChI=1S/C12H17N3O6/c1-3-20-12(16)4-8(9-6-19-11(12)21-9)14-5-10(15(17)18)13-7(14)2/h5,8-9,11,16H,3-4,6H2,1-2H3/t8-,9+,11+,12-/m0/s1. The highest BCUT2D eigenvalue weighted by atomic mass is 16.8. The smallest absolute Gasteiger partial charge is 0.361 e. The summed E-state index contributed by atoms with van der Waals surface area (Å²) >= 11 is 0. The average molecular weight is 299 g/mol. The monoisotopic (exact) mass is 299 g/mol. The molecule has 9 heteroatoms. The lowest BCUT2D eigenvalue weighted by Gasteiger charge is -2.39. The minimum absolute atomic E-state index is 0.227. The molecule has 3 heterocycles. The number of hydrogen-bond acceptors (Lipinski definition) is 7. The van der Waals surface area contributed by atoms with E-state index in [1.54, 1.807) is 18.4 Å². The van der Waals surface area contributed by atoms with Crippen molar-refractivity contribution < 1.29 is 24.2 Å². The van der Waals surface area contributed by atoms with Gasteiger partial charge in [-0.25, -0.2) is 0 Å². The van der Waals surface area contributed by atoms with Crippen LogP contribution in [0.3, 0.4) is 0 Å². The number of ether oxygens (including phenoxy) is 3. The molecule has 2 aliphatic rings. The topological polar surface area (TPSA) is 109 Å². The summed E-state index contributed by atoms with van der Waals surface area (Å²) in [6, 6.07) is -0.332. The number of nitro groups is 1. The van der Waals surface area contributed by atoms with Crippen molar-refractivity contribution in [2.24, 2.45) is 0 Å². The second-order valence-electron chi connectivity index (χ2n) is 5.20. The van der Waals surface area contributed by atoms with Crippen LogP contribution in [0.2, 0.25) is 0 Å². The predicted octanol–water partition coefficient (Wildman–Crippen LogP) is 0.511. The molecule has 0 saturated carbocycles. The number of hydrogen-bond donors (Lipinski definition) is 1. The Morgan fingerprint density at radius 3 is 3.10 bits per heavy atom. The van der Waals surface area contributed by atoms with E-state index in [1.165, 1.54) is 6.20 Å². The maximum atomic E-state index is 10.8. The van der Waals surface area contributed by atoms with Gasteiger partial charge in [0.05, 0.1) is 12.6 Å². The summed E-state index contributed by atoms with van der Waals surface area (Å²) in [5, 5.41) is 21.4. The third kappa shape index (κ3) is 2.31. The van der Waals surface area contributed by atoms with Crippen molar-refractivity contribution in [3.63, 3.8) is 0 Å². The molecule has 2 fully saturated rings. The third-order valence-electron chi connectivity index (χ3n) is 3.85. The number of fused-ring (bicyclic) bond motifs is 2. The van der Waals surface area contributed by atoms with Gasteiger partial charge in [0.2, 0.25) is 17.9 Å². The Balaban J connectivity index is 1.92. The van der Waals surface area contributed by atoms with Gasteiger partial charge in [0.15, 0.2) is 0 Å². The molecule has 3 rings (SSSR count). The molecule has 0 unspecified atom stereocenters. The predicted molar refractivity (Wildman–Crippen MR) is 68.5 cm³/mol. The lowest BCUT2D eigenvalue weighted by molar-refractivity contribution is -0.389. The summed E-state index contributed by atoms with van der Waals surface area (Å²) in [7, 11) is 0. The van der Waals surface area contributed by atoms with Crippen LogP contribution in [0.15, 0.2) is 6.20 Å². The van der Waals surface area contributed by atoms with Gasteiger partial charge < -0.3 is 34.0 Å². The van der Waals surface area contributed by atoms with Crippen LogP contribution >= 0.6 is 0 Å². The number of rotatable bonds is 4. The van der Waals surface area contributed by atoms with Gasteiger partial charge in [-0.1, -0.05) is 0 Å². The number of aliphatic hydroxyl groups is 1. The van der Waals surface area contributed by atoms with Gasteiger partial charge in [-0.05, 0) is 16.8 Å². The third-order valence-corrected chi connectivity index (χ3v) is 3.85. The molecule has 1 aromatic heterocycles. The molecule has 9 nitrogen and oxygen atoms in total. The Morgan fingerprint density at radius 1 is 1.71 bits per heavy atom. The lowest BCUT2D eigenvalue weighted by atomic mass is 9.98. The molecule has 2 bridgehead atoms. The minimum Gasteiger partial charge on any atom is -0.361 e. The van der Waals surface area contributed by atoms with Gasteiger partial charge in [0.25, 0.3) is 0 Å². The van der Waals surface area contributed by atoms with Crippen molar-refractivity contribution in [3.05, 3.63) is 22.1 Å². The van der Waals surface area contributed by atoms with Crippen LogP contribution in [0.4, 0.5) is 5.82 Å². The van der Waals surface area contributed by atoms with E-state index in [0.717, 1.165) is 0 Å². The minimum atomic E-state index is -1.56. The number of aromatic nitrogens is 2. The second-order valence-corrected chi connectivity index (χ2v) is 5.20. The first kappa shape index (κ1) is 14.4. The zero-order valence-corrected chi connectivity index (χ0v) is 11.8. The summed E-state index contributed by atoms with van der Waals surface area (Å²) in [6.45, 7) is 4.05. The van der Waals surface area contributed by atoms with Crippen LogP contribution in [-0.4, -0.2) is 51.0 Å².